The number of hydrogen-bond donors (Lipinski definition) is 2. The van der Waals surface area contributed by atoms with Crippen LogP contribution in [0.25, 0.3) is 0 Å². The number of likely N-dealkylation sites (tertiary alicyclic amines) is 1. The lowest BCUT2D eigenvalue weighted by Crippen LogP contribution is -2.42. The van der Waals surface area contributed by atoms with E-state index >= 15 is 0 Å². The third-order valence-electron chi connectivity index (χ3n) is 4.92. The summed E-state index contributed by atoms with van der Waals surface area (Å²) in [4.78, 5) is 18.8. The summed E-state index contributed by atoms with van der Waals surface area (Å²) in [6, 6.07) is 6.21. The molecule has 0 radical (unpaired) electrons. The van der Waals surface area contributed by atoms with Crippen molar-refractivity contribution in [3.8, 4) is 0 Å². The molecule has 2 heterocycles. The summed E-state index contributed by atoms with van der Waals surface area (Å²) in [5, 5.41) is 9.97. The van der Waals surface area contributed by atoms with Crippen molar-refractivity contribution < 1.29 is 4.79 Å². The molecule has 2 amide bonds. The number of piperidine rings is 1. The molecule has 0 spiro atoms. The van der Waals surface area contributed by atoms with Gasteiger partial charge in [-0.15, -0.1) is 0 Å². The zero-order chi connectivity index (χ0) is 15.6. The van der Waals surface area contributed by atoms with E-state index in [9.17, 15) is 4.79 Å². The van der Waals surface area contributed by atoms with E-state index < -0.39 is 0 Å². The number of aromatic amines is 1. The Hall–Kier alpha value is -2.37. The molecule has 0 bridgehead atoms. The van der Waals surface area contributed by atoms with E-state index in [2.05, 4.69) is 26.6 Å². The first-order valence-corrected chi connectivity index (χ1v) is 8.33. The number of urea groups is 1. The van der Waals surface area contributed by atoms with Crippen LogP contribution in [0.1, 0.15) is 42.1 Å². The molecule has 4 rings (SSSR count). The van der Waals surface area contributed by atoms with Crippen LogP contribution in [-0.2, 0) is 12.8 Å². The Kier molecular flexibility index (Phi) is 3.73. The number of benzene rings is 1. The van der Waals surface area contributed by atoms with Crippen molar-refractivity contribution >= 4 is 11.7 Å². The molecule has 2 N–H and O–H groups in total. The lowest BCUT2D eigenvalue weighted by molar-refractivity contribution is 0.191. The van der Waals surface area contributed by atoms with Crippen molar-refractivity contribution in [2.75, 3.05) is 18.4 Å². The molecule has 23 heavy (non-hydrogen) atoms. The molecule has 2 aromatic rings. The van der Waals surface area contributed by atoms with E-state index in [1.165, 1.54) is 23.9 Å². The van der Waals surface area contributed by atoms with Gasteiger partial charge in [0.05, 0.1) is 0 Å². The van der Waals surface area contributed by atoms with Gasteiger partial charge in [0.1, 0.15) is 12.2 Å². The fraction of sp³-hybridized carbons (Fsp3) is 0.471. The summed E-state index contributed by atoms with van der Waals surface area (Å²) in [7, 11) is 0. The fourth-order valence-electron chi connectivity index (χ4n) is 3.73. The van der Waals surface area contributed by atoms with Gasteiger partial charge in [0.25, 0.3) is 0 Å². The summed E-state index contributed by atoms with van der Waals surface area (Å²) in [5.74, 6) is 1.13. The van der Waals surface area contributed by atoms with Gasteiger partial charge in [-0.2, -0.15) is 5.10 Å². The van der Waals surface area contributed by atoms with E-state index in [1.54, 1.807) is 0 Å². The molecule has 1 aromatic carbocycles. The van der Waals surface area contributed by atoms with E-state index in [4.69, 9.17) is 0 Å². The smallest absolute Gasteiger partial charge is 0.321 e. The monoisotopic (exact) mass is 311 g/mol. The van der Waals surface area contributed by atoms with Gasteiger partial charge in [-0.1, -0.05) is 12.1 Å². The molecule has 6 nitrogen and oxygen atoms in total. The largest absolute Gasteiger partial charge is 0.324 e. The van der Waals surface area contributed by atoms with Crippen molar-refractivity contribution in [2.24, 2.45) is 0 Å². The van der Waals surface area contributed by atoms with Crippen LogP contribution in [0.4, 0.5) is 10.5 Å². The topological polar surface area (TPSA) is 73.9 Å². The molecule has 1 aromatic heterocycles. The maximum Gasteiger partial charge on any atom is 0.321 e. The number of nitrogens with one attached hydrogen (secondary N) is 2. The maximum absolute atomic E-state index is 12.7. The molecule has 1 aliphatic carbocycles. The zero-order valence-corrected chi connectivity index (χ0v) is 13.1. The average molecular weight is 311 g/mol. The second kappa shape index (κ2) is 6.02. The molecule has 0 unspecified atom stereocenters. The second-order valence-corrected chi connectivity index (χ2v) is 6.38. The van der Waals surface area contributed by atoms with Crippen LogP contribution in [0, 0.1) is 0 Å². The number of hydrogen-bond acceptors (Lipinski definition) is 3. The number of nitrogens with zero attached hydrogens (tertiary/aromatic N) is 3. The highest BCUT2D eigenvalue weighted by atomic mass is 16.2. The van der Waals surface area contributed by atoms with Crippen molar-refractivity contribution in [1.29, 1.82) is 0 Å². The standard InChI is InChI=1S/C17H21N5O/c23-17(20-15-8-2-5-12-4-1-7-14(12)15)22-9-3-6-13(10-22)16-18-11-19-21-16/h2,5,8,11,13H,1,3-4,6-7,9-10H2,(H,20,23)(H,18,19,21)/t13-/m1/s1. The summed E-state index contributed by atoms with van der Waals surface area (Å²) in [6.45, 7) is 1.49. The van der Waals surface area contributed by atoms with E-state index in [-0.39, 0.29) is 11.9 Å². The van der Waals surface area contributed by atoms with Crippen molar-refractivity contribution in [3.63, 3.8) is 0 Å². The minimum absolute atomic E-state index is 0.00508. The number of H-pyrrole nitrogens is 1. The van der Waals surface area contributed by atoms with Crippen LogP contribution in [0.3, 0.4) is 0 Å². The Morgan fingerprint density at radius 3 is 3.13 bits per heavy atom. The predicted molar refractivity (Wildman–Crippen MR) is 87.4 cm³/mol. The van der Waals surface area contributed by atoms with Crippen LogP contribution < -0.4 is 5.32 Å². The molecule has 1 fully saturated rings. The molecule has 2 aliphatic rings. The average Bonchev–Trinajstić information content (AvgIpc) is 3.27. The van der Waals surface area contributed by atoms with Crippen LogP contribution in [0.5, 0.6) is 0 Å². The van der Waals surface area contributed by atoms with Crippen molar-refractivity contribution in [3.05, 3.63) is 41.5 Å². The first-order chi connectivity index (χ1) is 11.3. The maximum atomic E-state index is 12.7. The number of aromatic nitrogens is 3. The number of carbonyl (C=O) groups is 1. The minimum Gasteiger partial charge on any atom is -0.324 e. The Balaban J connectivity index is 1.46. The van der Waals surface area contributed by atoms with Gasteiger partial charge in [-0.3, -0.25) is 5.10 Å². The summed E-state index contributed by atoms with van der Waals surface area (Å²) in [5.41, 5.74) is 3.66. The third kappa shape index (κ3) is 2.81. The Morgan fingerprint density at radius 2 is 2.26 bits per heavy atom. The summed E-state index contributed by atoms with van der Waals surface area (Å²) >= 11 is 0. The minimum atomic E-state index is -0.00508. The molecule has 6 heteroatoms. The van der Waals surface area contributed by atoms with Gasteiger partial charge in [0.15, 0.2) is 0 Å². The highest BCUT2D eigenvalue weighted by Crippen LogP contribution is 2.30. The normalized spacial score (nSPS) is 20.3. The number of rotatable bonds is 2. The SMILES string of the molecule is O=C(Nc1cccc2c1CCC2)N1CCC[C@@H](c2ncn[nH]2)C1. The van der Waals surface area contributed by atoms with Gasteiger partial charge in [-0.25, -0.2) is 9.78 Å². The van der Waals surface area contributed by atoms with Crippen LogP contribution in [-0.4, -0.2) is 39.2 Å². The first-order valence-electron chi connectivity index (χ1n) is 8.33. The molecule has 1 aliphatic heterocycles. The van der Waals surface area contributed by atoms with Crippen LogP contribution >= 0.6 is 0 Å². The van der Waals surface area contributed by atoms with Crippen molar-refractivity contribution in [1.82, 2.24) is 20.1 Å². The van der Waals surface area contributed by atoms with Crippen molar-refractivity contribution in [2.45, 2.75) is 38.0 Å². The molecule has 1 atom stereocenters. The number of anilines is 1. The van der Waals surface area contributed by atoms with E-state index in [1.807, 2.05) is 17.0 Å². The number of aryl methyl sites for hydroxylation is 1. The van der Waals surface area contributed by atoms with Gasteiger partial charge in [0, 0.05) is 24.7 Å². The van der Waals surface area contributed by atoms with Gasteiger partial charge < -0.3 is 10.2 Å². The quantitative estimate of drug-likeness (QED) is 0.895. The van der Waals surface area contributed by atoms with Crippen LogP contribution in [0.15, 0.2) is 24.5 Å². The summed E-state index contributed by atoms with van der Waals surface area (Å²) in [6.07, 6.45) is 6.93. The predicted octanol–water partition coefficient (Wildman–Crippen LogP) is 2.70. The second-order valence-electron chi connectivity index (χ2n) is 6.38. The van der Waals surface area contributed by atoms with E-state index in [0.29, 0.717) is 6.54 Å². The lowest BCUT2D eigenvalue weighted by Gasteiger charge is -2.31. The lowest BCUT2D eigenvalue weighted by atomic mass is 9.98. The number of amides is 2. The fourth-order valence-corrected chi connectivity index (χ4v) is 3.73. The Labute approximate surface area is 135 Å². The Morgan fingerprint density at radius 1 is 1.30 bits per heavy atom. The van der Waals surface area contributed by atoms with Crippen LogP contribution in [0.2, 0.25) is 0 Å². The Bertz CT molecular complexity index is 697. The molecule has 0 saturated carbocycles. The molecular formula is C17H21N5O. The number of carbonyl (C=O) groups excluding carboxylic acids is 1. The number of fused-ring (bicyclic) bond motifs is 1. The van der Waals surface area contributed by atoms with Gasteiger partial charge >= 0.3 is 6.03 Å². The molecule has 1 saturated heterocycles. The van der Waals surface area contributed by atoms with Gasteiger partial charge in [-0.05, 0) is 49.3 Å². The third-order valence-corrected chi connectivity index (χ3v) is 4.92. The molecular weight excluding hydrogens is 290 g/mol. The van der Waals surface area contributed by atoms with Gasteiger partial charge in [0.2, 0.25) is 0 Å². The highest BCUT2D eigenvalue weighted by molar-refractivity contribution is 5.90. The zero-order valence-electron chi connectivity index (χ0n) is 13.1. The highest BCUT2D eigenvalue weighted by Gasteiger charge is 2.27. The first kappa shape index (κ1) is 14.2. The van der Waals surface area contributed by atoms with E-state index in [0.717, 1.165) is 43.7 Å². The molecule has 120 valence electrons. The summed E-state index contributed by atoms with van der Waals surface area (Å²) < 4.78 is 0.